The number of benzene rings is 3. The summed E-state index contributed by atoms with van der Waals surface area (Å²) in [6, 6.07) is 18.0. The number of hydrogen-bond acceptors (Lipinski definition) is 4. The van der Waals surface area contributed by atoms with Gasteiger partial charge in [-0.15, -0.1) is 0 Å². The molecule has 4 rings (SSSR count). The minimum Gasteiger partial charge on any atom is -0.372 e. The number of anilines is 3. The second-order valence-electron chi connectivity index (χ2n) is 8.60. The zero-order valence-electron chi connectivity index (χ0n) is 19.2. The maximum absolute atomic E-state index is 13.1. The van der Waals surface area contributed by atoms with Crippen molar-refractivity contribution >= 4 is 33.0 Å². The van der Waals surface area contributed by atoms with E-state index >= 15 is 0 Å². The van der Waals surface area contributed by atoms with E-state index in [1.54, 1.807) is 25.1 Å². The lowest BCUT2D eigenvalue weighted by molar-refractivity contribution is 0.102. The number of amides is 1. The zero-order chi connectivity index (χ0) is 23.6. The average Bonchev–Trinajstić information content (AvgIpc) is 3.31. The molecule has 1 heterocycles. The number of aryl methyl sites for hydroxylation is 3. The van der Waals surface area contributed by atoms with Gasteiger partial charge >= 0.3 is 0 Å². The van der Waals surface area contributed by atoms with Crippen LogP contribution in [0.3, 0.4) is 0 Å². The topological polar surface area (TPSA) is 78.5 Å². The molecule has 1 aliphatic heterocycles. The second-order valence-corrected chi connectivity index (χ2v) is 10.3. The highest BCUT2D eigenvalue weighted by Gasteiger charge is 2.20. The Hall–Kier alpha value is -3.32. The molecule has 0 atom stereocenters. The Bertz CT molecular complexity index is 1280. The van der Waals surface area contributed by atoms with Crippen LogP contribution in [-0.4, -0.2) is 27.4 Å². The van der Waals surface area contributed by atoms with Crippen molar-refractivity contribution in [3.63, 3.8) is 0 Å². The summed E-state index contributed by atoms with van der Waals surface area (Å²) in [6.45, 7) is 7.65. The second kappa shape index (κ2) is 9.27. The maximum Gasteiger partial charge on any atom is 0.262 e. The van der Waals surface area contributed by atoms with Gasteiger partial charge in [-0.3, -0.25) is 9.52 Å². The largest absolute Gasteiger partial charge is 0.372 e. The first kappa shape index (κ1) is 22.9. The Kier molecular flexibility index (Phi) is 6.42. The highest BCUT2D eigenvalue weighted by molar-refractivity contribution is 7.92. The maximum atomic E-state index is 13.1. The van der Waals surface area contributed by atoms with E-state index in [4.69, 9.17) is 0 Å². The minimum atomic E-state index is -3.86. The number of nitrogens with one attached hydrogen (secondary N) is 2. The molecule has 1 fully saturated rings. The van der Waals surface area contributed by atoms with Crippen molar-refractivity contribution < 1.29 is 13.2 Å². The highest BCUT2D eigenvalue weighted by Crippen LogP contribution is 2.25. The van der Waals surface area contributed by atoms with Gasteiger partial charge in [-0.25, -0.2) is 8.42 Å². The lowest BCUT2D eigenvalue weighted by Crippen LogP contribution is -2.18. The first-order valence-electron chi connectivity index (χ1n) is 11.1. The molecule has 0 bridgehead atoms. The number of nitrogens with zero attached hydrogens (tertiary/aromatic N) is 1. The Labute approximate surface area is 195 Å². The van der Waals surface area contributed by atoms with Crippen LogP contribution in [0.2, 0.25) is 0 Å². The molecule has 2 N–H and O–H groups in total. The van der Waals surface area contributed by atoms with E-state index < -0.39 is 10.0 Å². The monoisotopic (exact) mass is 463 g/mol. The smallest absolute Gasteiger partial charge is 0.262 e. The van der Waals surface area contributed by atoms with Gasteiger partial charge < -0.3 is 10.2 Å². The molecule has 1 aliphatic rings. The predicted molar refractivity (Wildman–Crippen MR) is 134 cm³/mol. The molecular weight excluding hydrogens is 434 g/mol. The first-order chi connectivity index (χ1) is 15.7. The zero-order valence-corrected chi connectivity index (χ0v) is 20.0. The lowest BCUT2D eigenvalue weighted by Gasteiger charge is -2.18. The van der Waals surface area contributed by atoms with Crippen molar-refractivity contribution in [1.29, 1.82) is 0 Å². The number of sulfonamides is 1. The van der Waals surface area contributed by atoms with Crippen LogP contribution in [0.1, 0.15) is 39.9 Å². The molecule has 0 radical (unpaired) electrons. The van der Waals surface area contributed by atoms with Gasteiger partial charge in [-0.2, -0.15) is 0 Å². The van der Waals surface area contributed by atoms with Gasteiger partial charge in [0.2, 0.25) is 0 Å². The summed E-state index contributed by atoms with van der Waals surface area (Å²) in [4.78, 5) is 15.3. The van der Waals surface area contributed by atoms with Gasteiger partial charge in [-0.05, 0) is 87.2 Å². The molecule has 6 nitrogen and oxygen atoms in total. The molecule has 3 aromatic rings. The van der Waals surface area contributed by atoms with Gasteiger partial charge in [0.05, 0.1) is 10.6 Å². The Morgan fingerprint density at radius 3 is 2.21 bits per heavy atom. The van der Waals surface area contributed by atoms with E-state index in [-0.39, 0.29) is 16.4 Å². The molecule has 0 aliphatic carbocycles. The van der Waals surface area contributed by atoms with E-state index in [0.717, 1.165) is 29.9 Å². The number of carbonyl (C=O) groups is 1. The molecule has 1 saturated heterocycles. The van der Waals surface area contributed by atoms with Crippen LogP contribution in [0.4, 0.5) is 17.1 Å². The van der Waals surface area contributed by atoms with Crippen LogP contribution in [0.5, 0.6) is 0 Å². The van der Waals surface area contributed by atoms with E-state index in [1.807, 2.05) is 50.2 Å². The SMILES string of the molecule is Cc1ccc(NS(=O)(=O)c2cc(C(=O)Nc3ccc(N4CCCC4)cc3)ccc2C)c(C)c1. The summed E-state index contributed by atoms with van der Waals surface area (Å²) >= 11 is 0. The summed E-state index contributed by atoms with van der Waals surface area (Å²) in [6.07, 6.45) is 2.41. The van der Waals surface area contributed by atoms with E-state index in [2.05, 4.69) is 14.9 Å². The molecule has 33 heavy (non-hydrogen) atoms. The fourth-order valence-corrected chi connectivity index (χ4v) is 5.50. The van der Waals surface area contributed by atoms with Crippen LogP contribution in [0.15, 0.2) is 65.6 Å². The van der Waals surface area contributed by atoms with Crippen molar-refractivity contribution in [1.82, 2.24) is 0 Å². The van der Waals surface area contributed by atoms with Crippen LogP contribution in [-0.2, 0) is 10.0 Å². The molecule has 7 heteroatoms. The van der Waals surface area contributed by atoms with Crippen LogP contribution < -0.4 is 14.9 Å². The minimum absolute atomic E-state index is 0.0829. The van der Waals surface area contributed by atoms with Crippen molar-refractivity contribution in [2.45, 2.75) is 38.5 Å². The van der Waals surface area contributed by atoms with Gasteiger partial charge in [0.15, 0.2) is 0 Å². The van der Waals surface area contributed by atoms with Gasteiger partial charge in [-0.1, -0.05) is 23.8 Å². The summed E-state index contributed by atoms with van der Waals surface area (Å²) < 4.78 is 28.9. The van der Waals surface area contributed by atoms with E-state index in [1.165, 1.54) is 18.9 Å². The highest BCUT2D eigenvalue weighted by atomic mass is 32.2. The molecular formula is C26H29N3O3S. The number of carbonyl (C=O) groups excluding carboxylic acids is 1. The van der Waals surface area contributed by atoms with Crippen molar-refractivity contribution in [3.05, 3.63) is 82.9 Å². The van der Waals surface area contributed by atoms with E-state index in [0.29, 0.717) is 16.9 Å². The Morgan fingerprint density at radius 2 is 1.55 bits per heavy atom. The molecule has 3 aromatic carbocycles. The average molecular weight is 464 g/mol. The fourth-order valence-electron chi connectivity index (χ4n) is 4.09. The van der Waals surface area contributed by atoms with Gasteiger partial charge in [0.1, 0.15) is 0 Å². The molecule has 0 aromatic heterocycles. The predicted octanol–water partition coefficient (Wildman–Crippen LogP) is 5.27. The van der Waals surface area contributed by atoms with Crippen LogP contribution in [0, 0.1) is 20.8 Å². The van der Waals surface area contributed by atoms with E-state index in [9.17, 15) is 13.2 Å². The molecule has 172 valence electrons. The molecule has 0 unspecified atom stereocenters. The van der Waals surface area contributed by atoms with Gasteiger partial charge in [0.25, 0.3) is 15.9 Å². The summed E-state index contributed by atoms with van der Waals surface area (Å²) in [7, 11) is -3.86. The first-order valence-corrected chi connectivity index (χ1v) is 12.6. The molecule has 1 amide bonds. The van der Waals surface area contributed by atoms with Crippen LogP contribution >= 0.6 is 0 Å². The third kappa shape index (κ3) is 5.20. The van der Waals surface area contributed by atoms with Gasteiger partial charge in [0, 0.05) is 30.0 Å². The van der Waals surface area contributed by atoms with Crippen molar-refractivity contribution in [2.24, 2.45) is 0 Å². The third-order valence-corrected chi connectivity index (χ3v) is 7.47. The molecule has 0 saturated carbocycles. The van der Waals surface area contributed by atoms with Crippen molar-refractivity contribution in [3.8, 4) is 0 Å². The Balaban J connectivity index is 1.52. The summed E-state index contributed by atoms with van der Waals surface area (Å²) in [5.74, 6) is -0.355. The standard InChI is InChI=1S/C26H29N3O3S/c1-18-6-13-24(20(3)16-18)28-33(31,32)25-17-21(8-7-19(25)2)26(30)27-22-9-11-23(12-10-22)29-14-4-5-15-29/h6-13,16-17,28H,4-5,14-15H2,1-3H3,(H,27,30). The number of rotatable bonds is 6. The summed E-state index contributed by atoms with van der Waals surface area (Å²) in [5, 5.41) is 2.87. The van der Waals surface area contributed by atoms with Crippen LogP contribution in [0.25, 0.3) is 0 Å². The fraction of sp³-hybridized carbons (Fsp3) is 0.269. The Morgan fingerprint density at radius 1 is 0.848 bits per heavy atom. The summed E-state index contributed by atoms with van der Waals surface area (Å²) in [5.41, 5.74) is 5.08. The lowest BCUT2D eigenvalue weighted by atomic mass is 10.1. The third-order valence-electron chi connectivity index (χ3n) is 5.96. The normalized spacial score (nSPS) is 13.7. The van der Waals surface area contributed by atoms with Crippen molar-refractivity contribution in [2.75, 3.05) is 28.0 Å². The number of hydrogen-bond donors (Lipinski definition) is 2. The quantitative estimate of drug-likeness (QED) is 0.522. The molecule has 0 spiro atoms.